The van der Waals surface area contributed by atoms with Crippen LogP contribution in [0.2, 0.25) is 6.32 Å². The lowest BCUT2D eigenvalue weighted by atomic mass is 9.58. The van der Waals surface area contributed by atoms with Gasteiger partial charge in [-0.15, -0.1) is 0 Å². The van der Waals surface area contributed by atoms with E-state index < -0.39 is 48.5 Å². The number of halogens is 1. The van der Waals surface area contributed by atoms with Crippen molar-refractivity contribution in [2.24, 2.45) is 17.8 Å². The van der Waals surface area contributed by atoms with Crippen LogP contribution in [0.3, 0.4) is 0 Å². The molecule has 2 aliphatic heterocycles. The number of likely N-dealkylation sites (tertiary alicyclic amines) is 1. The van der Waals surface area contributed by atoms with Crippen molar-refractivity contribution >= 4 is 36.6 Å². The third-order valence-corrected chi connectivity index (χ3v) is 9.00. The lowest BCUT2D eigenvalue weighted by molar-refractivity contribution is -0.141. The zero-order chi connectivity index (χ0) is 31.4. The summed E-state index contributed by atoms with van der Waals surface area (Å²) >= 11 is 0. The Morgan fingerprint density at radius 3 is 2.52 bits per heavy atom. The first kappa shape index (κ1) is 31.6. The summed E-state index contributed by atoms with van der Waals surface area (Å²) in [4.78, 5) is 39.1. The molecule has 2 saturated heterocycles. The molecule has 4 N–H and O–H groups in total. The number of rotatable bonds is 12. The van der Waals surface area contributed by atoms with Crippen LogP contribution in [-0.4, -0.2) is 69.4 Å². The minimum absolute atomic E-state index is 0.0363. The number of carbonyl (C=O) groups excluding carboxylic acids is 2. The molecule has 11 heteroatoms. The molecule has 2 aromatic rings. The third kappa shape index (κ3) is 6.80. The molecule has 3 aliphatic rings. The van der Waals surface area contributed by atoms with E-state index in [9.17, 15) is 34.0 Å². The fraction of sp³-hybridized carbons (Fsp3) is 0.424. The van der Waals surface area contributed by atoms with Gasteiger partial charge in [-0.25, -0.2) is 4.39 Å². The molecule has 1 aliphatic carbocycles. The number of unbranched alkanes of at least 4 members (excludes halogenated alkanes) is 2. The number of carboxylic acids is 1. The van der Waals surface area contributed by atoms with Crippen LogP contribution in [0.25, 0.3) is 11.6 Å². The summed E-state index contributed by atoms with van der Waals surface area (Å²) in [5.41, 5.74) is 3.77. The largest absolute Gasteiger partial charge is 0.505 e. The number of aliphatic carboxylic acids is 1. The maximum atomic E-state index is 14.1. The van der Waals surface area contributed by atoms with Gasteiger partial charge in [0, 0.05) is 13.0 Å². The van der Waals surface area contributed by atoms with Gasteiger partial charge in [-0.2, -0.15) is 0 Å². The van der Waals surface area contributed by atoms with Crippen LogP contribution >= 0.6 is 0 Å². The van der Waals surface area contributed by atoms with Crippen molar-refractivity contribution < 1.29 is 43.8 Å². The monoisotopic (exact) mass is 605 g/mol. The van der Waals surface area contributed by atoms with Crippen molar-refractivity contribution in [2.45, 2.75) is 57.4 Å². The molecule has 0 bridgehead atoms. The summed E-state index contributed by atoms with van der Waals surface area (Å²) < 4.78 is 20.1. The second-order valence-electron chi connectivity index (χ2n) is 11.8. The molecule has 2 amide bonds. The van der Waals surface area contributed by atoms with Crippen LogP contribution in [0.1, 0.15) is 56.1 Å². The molecular weight excluding hydrogens is 568 g/mol. The molecule has 2 fully saturated rings. The van der Waals surface area contributed by atoms with E-state index in [1.807, 2.05) is 36.4 Å². The highest BCUT2D eigenvalue weighted by molar-refractivity contribution is 6.43. The third-order valence-electron chi connectivity index (χ3n) is 9.00. The van der Waals surface area contributed by atoms with Crippen LogP contribution in [0, 0.1) is 23.6 Å². The molecule has 2 heterocycles. The summed E-state index contributed by atoms with van der Waals surface area (Å²) in [5.74, 6) is -4.35. The number of imide groups is 1. The average Bonchev–Trinajstić information content (AvgIpc) is 3.24. The zero-order valence-corrected chi connectivity index (χ0v) is 24.4. The number of carboxylic acid groups (broad SMARTS) is 1. The number of nitrogens with zero attached hydrogens (tertiary/aromatic N) is 1. The zero-order valence-electron chi connectivity index (χ0n) is 24.4. The Labute approximate surface area is 255 Å². The molecule has 5 rings (SSSR count). The van der Waals surface area contributed by atoms with Crippen LogP contribution in [0.4, 0.5) is 4.39 Å². The molecule has 232 valence electrons. The maximum absolute atomic E-state index is 14.1. The van der Waals surface area contributed by atoms with Gasteiger partial charge in [-0.3, -0.25) is 19.3 Å². The van der Waals surface area contributed by atoms with Crippen LogP contribution < -0.4 is 0 Å². The van der Waals surface area contributed by atoms with E-state index in [-0.39, 0.29) is 44.1 Å². The van der Waals surface area contributed by atoms with E-state index in [1.54, 1.807) is 6.07 Å². The highest BCUT2D eigenvalue weighted by atomic mass is 19.1. The summed E-state index contributed by atoms with van der Waals surface area (Å²) in [7, 11) is -1.16. The number of amides is 2. The normalized spacial score (nSPS) is 23.7. The van der Waals surface area contributed by atoms with E-state index in [0.717, 1.165) is 16.7 Å². The summed E-state index contributed by atoms with van der Waals surface area (Å²) in [6.45, 7) is -0.0812. The molecule has 0 radical (unpaired) electrons. The Morgan fingerprint density at radius 1 is 1.05 bits per heavy atom. The number of hydrogen-bond donors (Lipinski definition) is 4. The van der Waals surface area contributed by atoms with Crippen molar-refractivity contribution in [3.63, 3.8) is 0 Å². The number of carbonyl (C=O) groups is 3. The molecule has 9 nitrogen and oxygen atoms in total. The van der Waals surface area contributed by atoms with Gasteiger partial charge in [0.25, 0.3) is 0 Å². The quantitative estimate of drug-likeness (QED) is 0.0923. The molecule has 0 unspecified atom stereocenters. The molecule has 2 aromatic carbocycles. The van der Waals surface area contributed by atoms with Crippen molar-refractivity contribution in [1.29, 1.82) is 0 Å². The topological polar surface area (TPSA) is 145 Å². The van der Waals surface area contributed by atoms with Crippen molar-refractivity contribution in [3.8, 4) is 5.75 Å². The fourth-order valence-corrected chi connectivity index (χ4v) is 6.97. The maximum Gasteiger partial charge on any atom is 0.455 e. The van der Waals surface area contributed by atoms with Gasteiger partial charge in [0.05, 0.1) is 24.5 Å². The van der Waals surface area contributed by atoms with Crippen molar-refractivity contribution in [1.82, 2.24) is 4.90 Å². The minimum atomic E-state index is -1.16. The van der Waals surface area contributed by atoms with Crippen LogP contribution in [0.5, 0.6) is 5.75 Å². The first-order valence-electron chi connectivity index (χ1n) is 15.2. The van der Waals surface area contributed by atoms with Gasteiger partial charge in [0.1, 0.15) is 0 Å². The van der Waals surface area contributed by atoms with Gasteiger partial charge in [-0.1, -0.05) is 48.9 Å². The Balaban J connectivity index is 1.37. The van der Waals surface area contributed by atoms with Gasteiger partial charge in [0.15, 0.2) is 11.6 Å². The number of aliphatic hydroxyl groups is 1. The Morgan fingerprint density at radius 2 is 1.82 bits per heavy atom. The van der Waals surface area contributed by atoms with E-state index in [1.165, 1.54) is 17.0 Å². The number of phenols is 1. The number of aromatic hydroxyl groups is 1. The molecule has 0 spiro atoms. The number of fused-ring (bicyclic) bond motifs is 3. The minimum Gasteiger partial charge on any atom is -0.505 e. The van der Waals surface area contributed by atoms with E-state index >= 15 is 0 Å². The Bertz CT molecular complexity index is 1460. The molecular formula is C33H37BFNO8. The Kier molecular flexibility index (Phi) is 9.98. The van der Waals surface area contributed by atoms with Crippen molar-refractivity contribution in [3.05, 3.63) is 76.6 Å². The van der Waals surface area contributed by atoms with Crippen molar-refractivity contribution in [2.75, 3.05) is 13.2 Å². The van der Waals surface area contributed by atoms with E-state index in [4.69, 9.17) is 9.76 Å². The second kappa shape index (κ2) is 13.9. The molecule has 0 saturated carbocycles. The number of hydrogen-bond acceptors (Lipinski definition) is 7. The van der Waals surface area contributed by atoms with Gasteiger partial charge in [0.2, 0.25) is 11.8 Å². The first-order valence-corrected chi connectivity index (χ1v) is 15.2. The second-order valence-corrected chi connectivity index (χ2v) is 11.8. The fourth-order valence-electron chi connectivity index (χ4n) is 6.97. The highest BCUT2D eigenvalue weighted by Gasteiger charge is 2.57. The SMILES string of the molecule is O=C(O)CCCCCN1C(=O)[C@@H]2[C@@H](CC(CO)=C3[C@@H](CC/C(=C/c4ccc(O)c(F)c4)c4ccccc4)OB(O)C[C@@H]32)C1=O. The van der Waals surface area contributed by atoms with Crippen LogP contribution in [-0.2, 0) is 19.0 Å². The summed E-state index contributed by atoms with van der Waals surface area (Å²) in [5, 5.41) is 39.7. The molecule has 4 atom stereocenters. The number of allylic oxidation sites excluding steroid dienone is 1. The Hall–Kier alpha value is -3.80. The number of phenolic OH excluding ortho intramolecular Hbond substituents is 1. The van der Waals surface area contributed by atoms with E-state index in [0.29, 0.717) is 43.2 Å². The standard InChI is InChI=1S/C33H37BFNO8/c35-26-16-20(10-12-27(26)38)15-22(21-7-3-1-4-8-21)11-13-28-30-23(19-37)17-24-31(25(30)18-34(43)44-28)33(42)36(32(24)41)14-6-2-5-9-29(39)40/h1,3-4,7-8,10,12,15-16,24-25,28,31,37-38,43H,2,5-6,9,11,13-14,17-19H2,(H,39,40)/b22-15-/t24-,25+,28-,31-/m1/s1. The highest BCUT2D eigenvalue weighted by Crippen LogP contribution is 2.50. The van der Waals surface area contributed by atoms with E-state index in [2.05, 4.69) is 0 Å². The predicted octanol–water partition coefficient (Wildman–Crippen LogP) is 4.29. The number of aliphatic hydroxyl groups excluding tert-OH is 1. The lowest BCUT2D eigenvalue weighted by Crippen LogP contribution is -2.46. The van der Waals surface area contributed by atoms with Gasteiger partial charge >= 0.3 is 13.1 Å². The first-order chi connectivity index (χ1) is 21.2. The molecule has 44 heavy (non-hydrogen) atoms. The summed E-state index contributed by atoms with van der Waals surface area (Å²) in [6.07, 6.45) is 4.05. The van der Waals surface area contributed by atoms with Gasteiger partial charge in [-0.05, 0) is 84.3 Å². The number of benzene rings is 2. The predicted molar refractivity (Wildman–Crippen MR) is 161 cm³/mol. The smallest absolute Gasteiger partial charge is 0.455 e. The average molecular weight is 605 g/mol. The lowest BCUT2D eigenvalue weighted by Gasteiger charge is -2.43. The summed E-state index contributed by atoms with van der Waals surface area (Å²) in [6, 6.07) is 13.7. The molecule has 0 aromatic heterocycles. The van der Waals surface area contributed by atoms with Crippen LogP contribution in [0.15, 0.2) is 59.7 Å². The van der Waals surface area contributed by atoms with Gasteiger partial charge < -0.3 is 25.0 Å².